The number of allylic oxidation sites excluding steroid dienone is 1. The van der Waals surface area contributed by atoms with Crippen molar-refractivity contribution in [1.29, 1.82) is 0 Å². The second kappa shape index (κ2) is 11.3. The maximum Gasteiger partial charge on any atom is 0.328 e. The van der Waals surface area contributed by atoms with E-state index >= 15 is 0 Å². The number of nitrogens with one attached hydrogen (secondary N) is 1. The highest BCUT2D eigenvalue weighted by Crippen LogP contribution is 2.27. The van der Waals surface area contributed by atoms with Gasteiger partial charge in [0.25, 0.3) is 0 Å². The Labute approximate surface area is 134 Å². The van der Waals surface area contributed by atoms with Crippen LogP contribution in [0.3, 0.4) is 0 Å². The van der Waals surface area contributed by atoms with Crippen LogP contribution in [-0.2, 0) is 14.3 Å². The van der Waals surface area contributed by atoms with Gasteiger partial charge in [0.1, 0.15) is 6.04 Å². The van der Waals surface area contributed by atoms with Crippen LogP contribution in [0, 0.1) is 5.92 Å². The normalized spacial score (nSPS) is 16.2. The van der Waals surface area contributed by atoms with E-state index in [2.05, 4.69) is 11.9 Å². The molecule has 0 aliphatic heterocycles. The number of unbranched alkanes of at least 4 members (excludes halogenated alkanes) is 4. The number of ether oxygens (including phenoxy) is 1. The second-order valence-electron chi connectivity index (χ2n) is 6.28. The lowest BCUT2D eigenvalue weighted by molar-refractivity contribution is -0.145. The maximum atomic E-state index is 12.1. The molecule has 0 aromatic heterocycles. The number of amides is 1. The van der Waals surface area contributed by atoms with E-state index in [1.165, 1.54) is 20.0 Å². The van der Waals surface area contributed by atoms with Crippen LogP contribution in [0.1, 0.15) is 70.6 Å². The highest BCUT2D eigenvalue weighted by atomic mass is 16.5. The Kier molecular flexibility index (Phi) is 9.60. The van der Waals surface area contributed by atoms with Gasteiger partial charge in [0.05, 0.1) is 7.11 Å². The van der Waals surface area contributed by atoms with Gasteiger partial charge in [-0.05, 0) is 38.0 Å². The minimum Gasteiger partial charge on any atom is -0.467 e. The summed E-state index contributed by atoms with van der Waals surface area (Å²) in [7, 11) is 1.38. The molecule has 4 heteroatoms. The SMILES string of the molecule is C=CCCCCCC[C@H](NC(=O)CC1CCCC1)C(=O)OC. The third-order valence-corrected chi connectivity index (χ3v) is 4.42. The fraction of sp³-hybridized carbons (Fsp3) is 0.778. The minimum atomic E-state index is -0.488. The van der Waals surface area contributed by atoms with Crippen molar-refractivity contribution in [2.24, 2.45) is 5.92 Å². The summed E-state index contributed by atoms with van der Waals surface area (Å²) in [6.07, 6.45) is 13.2. The van der Waals surface area contributed by atoms with Crippen molar-refractivity contribution in [1.82, 2.24) is 5.32 Å². The van der Waals surface area contributed by atoms with Crippen LogP contribution in [-0.4, -0.2) is 25.0 Å². The van der Waals surface area contributed by atoms with Gasteiger partial charge in [0.2, 0.25) is 5.91 Å². The molecule has 1 fully saturated rings. The first kappa shape index (κ1) is 18.7. The lowest BCUT2D eigenvalue weighted by atomic mass is 10.0. The molecule has 1 N–H and O–H groups in total. The number of hydrogen-bond acceptors (Lipinski definition) is 3. The molecule has 1 saturated carbocycles. The highest BCUT2D eigenvalue weighted by Gasteiger charge is 2.24. The number of hydrogen-bond donors (Lipinski definition) is 1. The summed E-state index contributed by atoms with van der Waals surface area (Å²) in [5, 5.41) is 2.87. The van der Waals surface area contributed by atoms with Gasteiger partial charge < -0.3 is 10.1 Å². The molecule has 1 aliphatic carbocycles. The van der Waals surface area contributed by atoms with Crippen molar-refractivity contribution >= 4 is 11.9 Å². The third-order valence-electron chi connectivity index (χ3n) is 4.42. The summed E-state index contributed by atoms with van der Waals surface area (Å²) < 4.78 is 4.81. The molecule has 1 aliphatic rings. The molecule has 1 amide bonds. The van der Waals surface area contributed by atoms with Crippen molar-refractivity contribution in [2.45, 2.75) is 76.7 Å². The topological polar surface area (TPSA) is 55.4 Å². The van der Waals surface area contributed by atoms with E-state index in [9.17, 15) is 9.59 Å². The van der Waals surface area contributed by atoms with Gasteiger partial charge in [0.15, 0.2) is 0 Å². The van der Waals surface area contributed by atoms with Crippen LogP contribution in [0.15, 0.2) is 12.7 Å². The molecule has 1 atom stereocenters. The molecule has 0 aromatic carbocycles. The first-order valence-corrected chi connectivity index (χ1v) is 8.65. The van der Waals surface area contributed by atoms with E-state index in [-0.39, 0.29) is 11.9 Å². The van der Waals surface area contributed by atoms with Gasteiger partial charge >= 0.3 is 5.97 Å². The largest absolute Gasteiger partial charge is 0.467 e. The zero-order valence-electron chi connectivity index (χ0n) is 13.9. The number of esters is 1. The molecule has 0 aromatic rings. The van der Waals surface area contributed by atoms with E-state index in [1.54, 1.807) is 0 Å². The summed E-state index contributed by atoms with van der Waals surface area (Å²) >= 11 is 0. The summed E-state index contributed by atoms with van der Waals surface area (Å²) in [6, 6.07) is -0.488. The quantitative estimate of drug-likeness (QED) is 0.359. The molecule has 0 spiro atoms. The predicted octanol–water partition coefficient (Wildman–Crippen LogP) is 3.75. The second-order valence-corrected chi connectivity index (χ2v) is 6.28. The van der Waals surface area contributed by atoms with Crippen LogP contribution in [0.4, 0.5) is 0 Å². The first-order valence-electron chi connectivity index (χ1n) is 8.65. The maximum absolute atomic E-state index is 12.1. The molecule has 4 nitrogen and oxygen atoms in total. The predicted molar refractivity (Wildman–Crippen MR) is 88.4 cm³/mol. The summed E-state index contributed by atoms with van der Waals surface area (Å²) in [6.45, 7) is 3.71. The smallest absolute Gasteiger partial charge is 0.328 e. The minimum absolute atomic E-state index is 0.00560. The van der Waals surface area contributed by atoms with Crippen LogP contribution in [0.25, 0.3) is 0 Å². The number of carbonyl (C=O) groups excluding carboxylic acids is 2. The van der Waals surface area contributed by atoms with Crippen molar-refractivity contribution in [3.63, 3.8) is 0 Å². The van der Waals surface area contributed by atoms with E-state index < -0.39 is 6.04 Å². The lowest BCUT2D eigenvalue weighted by Gasteiger charge is -2.17. The average Bonchev–Trinajstić information content (AvgIpc) is 3.01. The van der Waals surface area contributed by atoms with Crippen molar-refractivity contribution < 1.29 is 14.3 Å². The van der Waals surface area contributed by atoms with Gasteiger partial charge in [-0.1, -0.05) is 38.2 Å². The summed E-state index contributed by atoms with van der Waals surface area (Å²) in [5.41, 5.74) is 0. The van der Waals surface area contributed by atoms with Crippen molar-refractivity contribution in [3.05, 3.63) is 12.7 Å². The standard InChI is InChI=1S/C18H31NO3/c1-3-4-5-6-7-8-13-16(18(21)22-2)19-17(20)14-15-11-9-10-12-15/h3,15-16H,1,4-14H2,2H3,(H,19,20)/t16-/m0/s1. The Hall–Kier alpha value is -1.32. The van der Waals surface area contributed by atoms with Gasteiger partial charge in [-0.3, -0.25) is 4.79 Å². The van der Waals surface area contributed by atoms with Crippen molar-refractivity contribution in [3.8, 4) is 0 Å². The monoisotopic (exact) mass is 309 g/mol. The van der Waals surface area contributed by atoms with Gasteiger partial charge in [-0.15, -0.1) is 6.58 Å². The van der Waals surface area contributed by atoms with Crippen LogP contribution in [0.5, 0.6) is 0 Å². The van der Waals surface area contributed by atoms with E-state index in [0.717, 1.165) is 44.9 Å². The Bertz CT molecular complexity index is 348. The molecule has 1 rings (SSSR count). The average molecular weight is 309 g/mol. The molecule has 22 heavy (non-hydrogen) atoms. The van der Waals surface area contributed by atoms with E-state index in [1.807, 2.05) is 6.08 Å². The fourth-order valence-electron chi connectivity index (χ4n) is 3.11. The summed E-state index contributed by atoms with van der Waals surface area (Å²) in [5.74, 6) is 0.164. The molecular formula is C18H31NO3. The van der Waals surface area contributed by atoms with Crippen LogP contribution >= 0.6 is 0 Å². The molecule has 126 valence electrons. The lowest BCUT2D eigenvalue weighted by Crippen LogP contribution is -2.42. The summed E-state index contributed by atoms with van der Waals surface area (Å²) in [4.78, 5) is 23.9. The number of methoxy groups -OCH3 is 1. The zero-order chi connectivity index (χ0) is 16.2. The van der Waals surface area contributed by atoms with Crippen LogP contribution < -0.4 is 5.32 Å². The highest BCUT2D eigenvalue weighted by molar-refractivity contribution is 5.84. The van der Waals surface area contributed by atoms with Crippen molar-refractivity contribution in [2.75, 3.05) is 7.11 Å². The molecular weight excluding hydrogens is 278 g/mol. The van der Waals surface area contributed by atoms with Gasteiger partial charge in [-0.25, -0.2) is 4.79 Å². The van der Waals surface area contributed by atoms with E-state index in [4.69, 9.17) is 4.74 Å². The molecule has 0 radical (unpaired) electrons. The Morgan fingerprint density at radius 1 is 1.23 bits per heavy atom. The molecule has 0 heterocycles. The number of carbonyl (C=O) groups is 2. The third kappa shape index (κ3) is 7.62. The Morgan fingerprint density at radius 3 is 2.55 bits per heavy atom. The van der Waals surface area contributed by atoms with E-state index in [0.29, 0.717) is 18.8 Å². The number of rotatable bonds is 11. The fourth-order valence-corrected chi connectivity index (χ4v) is 3.11. The first-order chi connectivity index (χ1) is 10.7. The molecule has 0 unspecified atom stereocenters. The molecule has 0 bridgehead atoms. The molecule has 0 saturated heterocycles. The Morgan fingerprint density at radius 2 is 1.91 bits per heavy atom. The zero-order valence-corrected chi connectivity index (χ0v) is 13.9. The Balaban J connectivity index is 2.28. The van der Waals surface area contributed by atoms with Crippen LogP contribution in [0.2, 0.25) is 0 Å². The van der Waals surface area contributed by atoms with Gasteiger partial charge in [0, 0.05) is 6.42 Å². The van der Waals surface area contributed by atoms with Gasteiger partial charge in [-0.2, -0.15) is 0 Å².